The van der Waals surface area contributed by atoms with Crippen molar-refractivity contribution in [3.8, 4) is 0 Å². The van der Waals surface area contributed by atoms with E-state index in [0.29, 0.717) is 24.2 Å². The molecule has 1 aromatic heterocycles. The maximum absolute atomic E-state index is 12.1. The summed E-state index contributed by atoms with van der Waals surface area (Å²) in [7, 11) is 3.32. The summed E-state index contributed by atoms with van der Waals surface area (Å²) in [6, 6.07) is 10.7. The lowest BCUT2D eigenvalue weighted by molar-refractivity contribution is -0.116. The molecule has 0 radical (unpaired) electrons. The normalized spacial score (nSPS) is 10.5. The Bertz CT molecular complexity index is 704. The molecule has 0 unspecified atom stereocenters. The molecular weight excluding hydrogens is 318 g/mol. The summed E-state index contributed by atoms with van der Waals surface area (Å²) in [5, 5.41) is 2.81. The Morgan fingerprint density at radius 1 is 1.16 bits per heavy atom. The van der Waals surface area contributed by atoms with Gasteiger partial charge >= 0.3 is 5.97 Å². The van der Waals surface area contributed by atoms with E-state index in [1.165, 1.54) is 12.7 Å². The number of ether oxygens (including phenoxy) is 1. The number of anilines is 1. The summed E-state index contributed by atoms with van der Waals surface area (Å²) in [4.78, 5) is 29.7. The number of carbonyl (C=O) groups is 2. The molecule has 6 nitrogen and oxygen atoms in total. The van der Waals surface area contributed by atoms with Crippen molar-refractivity contribution in [3.63, 3.8) is 0 Å². The molecule has 0 fully saturated rings. The van der Waals surface area contributed by atoms with Crippen molar-refractivity contribution in [1.29, 1.82) is 0 Å². The maximum atomic E-state index is 12.1. The van der Waals surface area contributed by atoms with Gasteiger partial charge in [0.15, 0.2) is 0 Å². The highest BCUT2D eigenvalue weighted by Crippen LogP contribution is 2.12. The summed E-state index contributed by atoms with van der Waals surface area (Å²) >= 11 is 0. The van der Waals surface area contributed by atoms with Crippen LogP contribution in [0.1, 0.15) is 22.3 Å². The standard InChI is InChI=1S/C19H23N3O3/c1-22(12-8-15-6-10-20-11-7-15)13-9-18(23)21-17-5-3-4-16(14-17)19(24)25-2/h3-7,10-11,14H,8-9,12-13H2,1-2H3,(H,21,23). The van der Waals surface area contributed by atoms with Gasteiger partial charge in [0.2, 0.25) is 5.91 Å². The van der Waals surface area contributed by atoms with Gasteiger partial charge in [-0.2, -0.15) is 0 Å². The molecule has 0 spiro atoms. The van der Waals surface area contributed by atoms with E-state index in [1.54, 1.807) is 36.7 Å². The molecule has 1 aromatic carbocycles. The van der Waals surface area contributed by atoms with E-state index in [0.717, 1.165) is 13.0 Å². The number of rotatable bonds is 8. The van der Waals surface area contributed by atoms with E-state index in [-0.39, 0.29) is 5.91 Å². The Hall–Kier alpha value is -2.73. The first kappa shape index (κ1) is 18.6. The van der Waals surface area contributed by atoms with E-state index in [4.69, 9.17) is 0 Å². The van der Waals surface area contributed by atoms with Gasteiger partial charge in [-0.25, -0.2) is 4.79 Å². The van der Waals surface area contributed by atoms with Crippen LogP contribution in [0.2, 0.25) is 0 Å². The van der Waals surface area contributed by atoms with Gasteiger partial charge in [-0.15, -0.1) is 0 Å². The van der Waals surface area contributed by atoms with Crippen molar-refractivity contribution in [2.45, 2.75) is 12.8 Å². The fourth-order valence-corrected chi connectivity index (χ4v) is 2.34. The Morgan fingerprint density at radius 3 is 2.64 bits per heavy atom. The summed E-state index contributed by atoms with van der Waals surface area (Å²) in [5.41, 5.74) is 2.23. The first-order valence-corrected chi connectivity index (χ1v) is 8.14. The zero-order chi connectivity index (χ0) is 18.1. The number of pyridine rings is 1. The number of benzene rings is 1. The van der Waals surface area contributed by atoms with Gasteiger partial charge in [-0.1, -0.05) is 6.07 Å². The van der Waals surface area contributed by atoms with Crippen LogP contribution >= 0.6 is 0 Å². The van der Waals surface area contributed by atoms with Crippen LogP contribution in [0, 0.1) is 0 Å². The summed E-state index contributed by atoms with van der Waals surface area (Å²) in [5.74, 6) is -0.510. The van der Waals surface area contributed by atoms with E-state index < -0.39 is 5.97 Å². The second-order valence-electron chi connectivity index (χ2n) is 5.78. The zero-order valence-electron chi connectivity index (χ0n) is 14.6. The third kappa shape index (κ3) is 6.35. The highest BCUT2D eigenvalue weighted by atomic mass is 16.5. The molecule has 0 saturated heterocycles. The highest BCUT2D eigenvalue weighted by Gasteiger charge is 2.09. The first-order chi connectivity index (χ1) is 12.1. The second-order valence-corrected chi connectivity index (χ2v) is 5.78. The van der Waals surface area contributed by atoms with Gasteiger partial charge < -0.3 is 15.0 Å². The Morgan fingerprint density at radius 2 is 1.92 bits per heavy atom. The number of methoxy groups -OCH3 is 1. The molecule has 0 atom stereocenters. The summed E-state index contributed by atoms with van der Waals surface area (Å²) < 4.78 is 4.68. The van der Waals surface area contributed by atoms with Gasteiger partial charge in [0.25, 0.3) is 0 Å². The Kier molecular flexibility index (Phi) is 7.10. The largest absolute Gasteiger partial charge is 0.465 e. The number of likely N-dealkylation sites (N-methyl/N-ethyl adjacent to an activating group) is 1. The van der Waals surface area contributed by atoms with Gasteiger partial charge in [0.1, 0.15) is 0 Å². The van der Waals surface area contributed by atoms with Crippen LogP contribution in [0.5, 0.6) is 0 Å². The first-order valence-electron chi connectivity index (χ1n) is 8.14. The van der Waals surface area contributed by atoms with Crippen molar-refractivity contribution in [2.24, 2.45) is 0 Å². The van der Waals surface area contributed by atoms with E-state index in [9.17, 15) is 9.59 Å². The minimum absolute atomic E-state index is 0.0854. The quantitative estimate of drug-likeness (QED) is 0.747. The molecule has 6 heteroatoms. The van der Waals surface area contributed by atoms with Gasteiger partial charge in [0, 0.05) is 37.6 Å². The Labute approximate surface area is 147 Å². The van der Waals surface area contributed by atoms with Gasteiger partial charge in [-0.3, -0.25) is 9.78 Å². The van der Waals surface area contributed by atoms with Gasteiger partial charge in [0.05, 0.1) is 12.7 Å². The van der Waals surface area contributed by atoms with Crippen molar-refractivity contribution in [3.05, 3.63) is 59.9 Å². The summed E-state index contributed by atoms with van der Waals surface area (Å²) in [6.45, 7) is 1.53. The molecule has 0 saturated carbocycles. The molecule has 1 amide bonds. The van der Waals surface area contributed by atoms with Crippen LogP contribution in [-0.2, 0) is 16.0 Å². The van der Waals surface area contributed by atoms with Gasteiger partial charge in [-0.05, 0) is 49.4 Å². The third-order valence-electron chi connectivity index (χ3n) is 3.82. The van der Waals surface area contributed by atoms with Crippen LogP contribution in [0.25, 0.3) is 0 Å². The lowest BCUT2D eigenvalue weighted by atomic mass is 10.2. The average Bonchev–Trinajstić information content (AvgIpc) is 2.65. The molecular formula is C19H23N3O3. The topological polar surface area (TPSA) is 71.5 Å². The molecule has 25 heavy (non-hydrogen) atoms. The van der Waals surface area contributed by atoms with E-state index >= 15 is 0 Å². The lowest BCUT2D eigenvalue weighted by Crippen LogP contribution is -2.26. The minimum Gasteiger partial charge on any atom is -0.465 e. The monoisotopic (exact) mass is 341 g/mol. The SMILES string of the molecule is COC(=O)c1cccc(NC(=O)CCN(C)CCc2ccncc2)c1. The molecule has 1 heterocycles. The molecule has 0 aliphatic heterocycles. The highest BCUT2D eigenvalue weighted by molar-refractivity contribution is 5.94. The molecule has 0 bridgehead atoms. The van der Waals surface area contributed by atoms with Crippen molar-refractivity contribution < 1.29 is 14.3 Å². The number of hydrogen-bond donors (Lipinski definition) is 1. The van der Waals surface area contributed by atoms with Crippen LogP contribution in [0.3, 0.4) is 0 Å². The molecule has 2 aromatic rings. The van der Waals surface area contributed by atoms with Crippen molar-refractivity contribution in [2.75, 3.05) is 32.6 Å². The smallest absolute Gasteiger partial charge is 0.337 e. The van der Waals surface area contributed by atoms with Crippen molar-refractivity contribution in [1.82, 2.24) is 9.88 Å². The van der Waals surface area contributed by atoms with Crippen molar-refractivity contribution >= 4 is 17.6 Å². The van der Waals surface area contributed by atoms with E-state index in [1.807, 2.05) is 19.2 Å². The molecule has 2 rings (SSSR count). The maximum Gasteiger partial charge on any atom is 0.337 e. The number of amides is 1. The van der Waals surface area contributed by atoms with Crippen LogP contribution in [0.15, 0.2) is 48.8 Å². The van der Waals surface area contributed by atoms with Crippen LogP contribution < -0.4 is 5.32 Å². The molecule has 0 aliphatic rings. The number of esters is 1. The average molecular weight is 341 g/mol. The zero-order valence-corrected chi connectivity index (χ0v) is 14.6. The minimum atomic E-state index is -0.424. The number of carbonyl (C=O) groups excluding carboxylic acids is 2. The number of nitrogens with zero attached hydrogens (tertiary/aromatic N) is 2. The fourth-order valence-electron chi connectivity index (χ4n) is 2.34. The molecule has 1 N–H and O–H groups in total. The fraction of sp³-hybridized carbons (Fsp3) is 0.316. The van der Waals surface area contributed by atoms with Crippen LogP contribution in [-0.4, -0.2) is 49.0 Å². The lowest BCUT2D eigenvalue weighted by Gasteiger charge is -2.16. The number of nitrogens with one attached hydrogen (secondary N) is 1. The summed E-state index contributed by atoms with van der Waals surface area (Å²) in [6.07, 6.45) is 4.87. The molecule has 0 aliphatic carbocycles. The predicted molar refractivity (Wildman–Crippen MR) is 96.5 cm³/mol. The predicted octanol–water partition coefficient (Wildman–Crippen LogP) is 2.37. The van der Waals surface area contributed by atoms with Crippen LogP contribution in [0.4, 0.5) is 5.69 Å². The number of aromatic nitrogens is 1. The van der Waals surface area contributed by atoms with E-state index in [2.05, 4.69) is 19.9 Å². The molecule has 132 valence electrons. The third-order valence-corrected chi connectivity index (χ3v) is 3.82. The number of hydrogen-bond acceptors (Lipinski definition) is 5. The Balaban J connectivity index is 1.75. The second kappa shape index (κ2) is 9.54.